The van der Waals surface area contributed by atoms with Crippen LogP contribution in [0.2, 0.25) is 0 Å². The lowest BCUT2D eigenvalue weighted by atomic mass is 10.1. The minimum absolute atomic E-state index is 0.149. The lowest BCUT2D eigenvalue weighted by Crippen LogP contribution is -2.21. The van der Waals surface area contributed by atoms with Crippen molar-refractivity contribution in [2.24, 2.45) is 0 Å². The number of para-hydroxylation sites is 1. The monoisotopic (exact) mass is 299 g/mol. The SMILES string of the molecule is CCCNC(c1cc2cccc(C)c2o1)c1ccc(C)s1. The van der Waals surface area contributed by atoms with E-state index < -0.39 is 0 Å². The molecule has 0 aliphatic carbocycles. The van der Waals surface area contributed by atoms with Crippen molar-refractivity contribution in [3.05, 3.63) is 57.5 Å². The van der Waals surface area contributed by atoms with Crippen molar-refractivity contribution in [2.75, 3.05) is 6.54 Å². The molecule has 0 amide bonds. The highest BCUT2D eigenvalue weighted by Crippen LogP contribution is 2.33. The summed E-state index contributed by atoms with van der Waals surface area (Å²) in [5, 5.41) is 4.79. The van der Waals surface area contributed by atoms with Gasteiger partial charge in [-0.3, -0.25) is 0 Å². The number of aryl methyl sites for hydroxylation is 2. The molecule has 0 aliphatic heterocycles. The minimum atomic E-state index is 0.149. The summed E-state index contributed by atoms with van der Waals surface area (Å²) in [4.78, 5) is 2.65. The fourth-order valence-corrected chi connectivity index (χ4v) is 3.57. The summed E-state index contributed by atoms with van der Waals surface area (Å²) >= 11 is 1.83. The lowest BCUT2D eigenvalue weighted by Gasteiger charge is -2.14. The number of furan rings is 1. The average molecular weight is 299 g/mol. The van der Waals surface area contributed by atoms with Gasteiger partial charge < -0.3 is 9.73 Å². The smallest absolute Gasteiger partial charge is 0.137 e. The summed E-state index contributed by atoms with van der Waals surface area (Å²) in [5.41, 5.74) is 2.19. The first-order chi connectivity index (χ1) is 10.2. The molecule has 0 bridgehead atoms. The quantitative estimate of drug-likeness (QED) is 0.700. The lowest BCUT2D eigenvalue weighted by molar-refractivity contribution is 0.472. The molecule has 110 valence electrons. The average Bonchev–Trinajstić information content (AvgIpc) is 3.07. The van der Waals surface area contributed by atoms with Crippen molar-refractivity contribution in [3.8, 4) is 0 Å². The van der Waals surface area contributed by atoms with E-state index >= 15 is 0 Å². The molecule has 0 saturated heterocycles. The zero-order valence-electron chi connectivity index (χ0n) is 12.8. The topological polar surface area (TPSA) is 25.2 Å². The van der Waals surface area contributed by atoms with E-state index in [0.29, 0.717) is 0 Å². The maximum Gasteiger partial charge on any atom is 0.137 e. The van der Waals surface area contributed by atoms with Crippen molar-refractivity contribution < 1.29 is 4.42 Å². The van der Waals surface area contributed by atoms with Crippen LogP contribution in [0.15, 0.2) is 40.8 Å². The largest absolute Gasteiger partial charge is 0.459 e. The second-order valence-corrected chi connectivity index (χ2v) is 6.80. The molecule has 3 heteroatoms. The molecular formula is C18H21NOS. The summed E-state index contributed by atoms with van der Waals surface area (Å²) in [7, 11) is 0. The molecule has 1 N–H and O–H groups in total. The summed E-state index contributed by atoms with van der Waals surface area (Å²) < 4.78 is 6.17. The first kappa shape index (κ1) is 14.4. The predicted molar refractivity (Wildman–Crippen MR) is 90.1 cm³/mol. The third-order valence-corrected chi connectivity index (χ3v) is 4.75. The zero-order chi connectivity index (χ0) is 14.8. The van der Waals surface area contributed by atoms with Gasteiger partial charge in [0.1, 0.15) is 17.4 Å². The summed E-state index contributed by atoms with van der Waals surface area (Å²) in [6, 6.07) is 13.0. The summed E-state index contributed by atoms with van der Waals surface area (Å²) in [6.45, 7) is 7.41. The highest BCUT2D eigenvalue weighted by molar-refractivity contribution is 7.12. The van der Waals surface area contributed by atoms with Crippen molar-refractivity contribution in [2.45, 2.75) is 33.2 Å². The molecule has 21 heavy (non-hydrogen) atoms. The fraction of sp³-hybridized carbons (Fsp3) is 0.333. The number of rotatable bonds is 5. The maximum atomic E-state index is 6.17. The second-order valence-electron chi connectivity index (χ2n) is 5.48. The first-order valence-corrected chi connectivity index (χ1v) is 8.29. The van der Waals surface area contributed by atoms with E-state index in [9.17, 15) is 0 Å². The zero-order valence-corrected chi connectivity index (χ0v) is 13.6. The van der Waals surface area contributed by atoms with Crippen molar-refractivity contribution in [1.29, 1.82) is 0 Å². The third-order valence-electron chi connectivity index (χ3n) is 3.69. The van der Waals surface area contributed by atoms with E-state index in [1.54, 1.807) is 0 Å². The molecular weight excluding hydrogens is 278 g/mol. The van der Waals surface area contributed by atoms with E-state index in [2.05, 4.69) is 62.5 Å². The number of nitrogens with one attached hydrogen (secondary N) is 1. The van der Waals surface area contributed by atoms with Crippen LogP contribution >= 0.6 is 11.3 Å². The van der Waals surface area contributed by atoms with Crippen LogP contribution in [0.4, 0.5) is 0 Å². The Kier molecular flexibility index (Phi) is 4.13. The molecule has 2 aromatic heterocycles. The van der Waals surface area contributed by atoms with Gasteiger partial charge in [-0.2, -0.15) is 0 Å². The van der Waals surface area contributed by atoms with Crippen LogP contribution in [-0.2, 0) is 0 Å². The number of benzene rings is 1. The summed E-state index contributed by atoms with van der Waals surface area (Å²) in [5.74, 6) is 1.01. The normalized spacial score (nSPS) is 12.9. The molecule has 0 aliphatic rings. The van der Waals surface area contributed by atoms with Crippen molar-refractivity contribution in [3.63, 3.8) is 0 Å². The van der Waals surface area contributed by atoms with Gasteiger partial charge in [-0.05, 0) is 50.6 Å². The molecule has 0 radical (unpaired) electrons. The van der Waals surface area contributed by atoms with Gasteiger partial charge in [0.25, 0.3) is 0 Å². The predicted octanol–water partition coefficient (Wildman–Crippen LogP) is 5.20. The van der Waals surface area contributed by atoms with Gasteiger partial charge in [-0.25, -0.2) is 0 Å². The van der Waals surface area contributed by atoms with E-state index in [-0.39, 0.29) is 6.04 Å². The van der Waals surface area contributed by atoms with E-state index in [0.717, 1.165) is 24.3 Å². The van der Waals surface area contributed by atoms with Crippen LogP contribution in [-0.4, -0.2) is 6.54 Å². The van der Waals surface area contributed by atoms with Gasteiger partial charge in [-0.15, -0.1) is 11.3 Å². The molecule has 0 spiro atoms. The highest BCUT2D eigenvalue weighted by atomic mass is 32.1. The fourth-order valence-electron chi connectivity index (χ4n) is 2.61. The minimum Gasteiger partial charge on any atom is -0.459 e. The standard InChI is InChI=1S/C18H21NOS/c1-4-10-19-17(16-9-8-13(3)21-16)15-11-14-7-5-6-12(2)18(14)20-15/h5-9,11,17,19H,4,10H2,1-3H3. The van der Waals surface area contributed by atoms with Crippen LogP contribution in [0, 0.1) is 13.8 Å². The molecule has 1 atom stereocenters. The number of thiophene rings is 1. The summed E-state index contributed by atoms with van der Waals surface area (Å²) in [6.07, 6.45) is 1.11. The third kappa shape index (κ3) is 2.89. The van der Waals surface area contributed by atoms with Gasteiger partial charge in [0.05, 0.1) is 0 Å². The van der Waals surface area contributed by atoms with Crippen LogP contribution in [0.25, 0.3) is 11.0 Å². The Morgan fingerprint density at radius 1 is 1.19 bits per heavy atom. The van der Waals surface area contributed by atoms with Gasteiger partial charge in [0, 0.05) is 15.1 Å². The Bertz CT molecular complexity index is 741. The molecule has 2 nitrogen and oxygen atoms in total. The van der Waals surface area contributed by atoms with Crippen LogP contribution in [0.1, 0.15) is 40.5 Å². The molecule has 1 unspecified atom stereocenters. The Labute approximate surface area is 129 Å². The number of hydrogen-bond acceptors (Lipinski definition) is 3. The molecule has 1 aromatic carbocycles. The van der Waals surface area contributed by atoms with E-state index in [1.807, 2.05) is 11.3 Å². The van der Waals surface area contributed by atoms with Gasteiger partial charge in [0.2, 0.25) is 0 Å². The molecule has 3 aromatic rings. The van der Waals surface area contributed by atoms with E-state index in [1.165, 1.54) is 20.7 Å². The van der Waals surface area contributed by atoms with Crippen LogP contribution < -0.4 is 5.32 Å². The molecule has 3 rings (SSSR count). The van der Waals surface area contributed by atoms with Gasteiger partial charge in [0.15, 0.2) is 0 Å². The molecule has 0 fully saturated rings. The van der Waals surface area contributed by atoms with Crippen molar-refractivity contribution in [1.82, 2.24) is 5.32 Å². The first-order valence-electron chi connectivity index (χ1n) is 7.48. The number of fused-ring (bicyclic) bond motifs is 1. The maximum absolute atomic E-state index is 6.17. The second kappa shape index (κ2) is 6.04. The van der Waals surface area contributed by atoms with Gasteiger partial charge >= 0.3 is 0 Å². The molecule has 2 heterocycles. The number of hydrogen-bond donors (Lipinski definition) is 1. The van der Waals surface area contributed by atoms with Crippen LogP contribution in [0.3, 0.4) is 0 Å². The van der Waals surface area contributed by atoms with E-state index in [4.69, 9.17) is 4.42 Å². The Hall–Kier alpha value is -1.58. The van der Waals surface area contributed by atoms with Crippen molar-refractivity contribution >= 4 is 22.3 Å². The Morgan fingerprint density at radius 2 is 2.05 bits per heavy atom. The Balaban J connectivity index is 2.03. The van der Waals surface area contributed by atoms with Crippen LogP contribution in [0.5, 0.6) is 0 Å². The highest BCUT2D eigenvalue weighted by Gasteiger charge is 2.19. The molecule has 0 saturated carbocycles. The van der Waals surface area contributed by atoms with Gasteiger partial charge in [-0.1, -0.05) is 25.1 Å². The Morgan fingerprint density at radius 3 is 2.71 bits per heavy atom.